The van der Waals surface area contributed by atoms with Gasteiger partial charge in [0, 0.05) is 17.5 Å². The molecule has 12 heteroatoms. The lowest BCUT2D eigenvalue weighted by atomic mass is 10.0. The van der Waals surface area contributed by atoms with Gasteiger partial charge < -0.3 is 14.8 Å². The Morgan fingerprint density at radius 3 is 2.53 bits per heavy atom. The van der Waals surface area contributed by atoms with Crippen molar-refractivity contribution >= 4 is 28.3 Å². The minimum atomic E-state index is -4.61. The summed E-state index contributed by atoms with van der Waals surface area (Å²) in [5.74, 6) is -0.219. The monoisotopic (exact) mass is 540 g/mol. The van der Waals surface area contributed by atoms with Crippen LogP contribution in [0.4, 0.5) is 18.3 Å². The van der Waals surface area contributed by atoms with E-state index in [-0.39, 0.29) is 23.9 Å². The van der Waals surface area contributed by atoms with E-state index in [1.807, 2.05) is 0 Å². The normalized spacial score (nSPS) is 13.1. The van der Waals surface area contributed by atoms with Crippen molar-refractivity contribution in [3.63, 3.8) is 0 Å². The highest BCUT2D eigenvalue weighted by Gasteiger charge is 2.31. The Hall–Kier alpha value is -4.45. The van der Waals surface area contributed by atoms with Crippen LogP contribution in [0, 0.1) is 0 Å². The van der Waals surface area contributed by atoms with Gasteiger partial charge in [-0.3, -0.25) is 14.9 Å². The van der Waals surface area contributed by atoms with Crippen LogP contribution in [-0.4, -0.2) is 34.8 Å². The molecule has 2 amide bonds. The standard InChI is InChI=1S/C26H19F3N4O4S/c27-26(28,29)18-8-4-7-16(12-18)22(34)30-19(11-15-5-2-1-3-6-15)23(35)31-25-33-32-24(38-25)17-9-10-20-21(13-17)37-14-36-20/h1-10,12-13,19H,11,14H2,(H,30,34)(H,31,33,35)/t19-/m1/s1. The summed E-state index contributed by atoms with van der Waals surface area (Å²) in [5.41, 5.74) is 0.284. The van der Waals surface area contributed by atoms with Crippen molar-refractivity contribution in [2.75, 3.05) is 12.1 Å². The lowest BCUT2D eigenvalue weighted by Crippen LogP contribution is -2.45. The number of carbonyl (C=O) groups excluding carboxylic acids is 2. The molecule has 4 aromatic rings. The maximum Gasteiger partial charge on any atom is 0.416 e. The average molecular weight is 541 g/mol. The Balaban J connectivity index is 1.34. The molecule has 2 heterocycles. The Kier molecular flexibility index (Phi) is 6.97. The lowest BCUT2D eigenvalue weighted by Gasteiger charge is -2.18. The molecule has 2 N–H and O–H groups in total. The molecule has 0 fully saturated rings. The number of rotatable bonds is 7. The number of nitrogens with zero attached hydrogens (tertiary/aromatic N) is 2. The smallest absolute Gasteiger partial charge is 0.416 e. The van der Waals surface area contributed by atoms with Crippen molar-refractivity contribution in [2.45, 2.75) is 18.6 Å². The molecule has 38 heavy (non-hydrogen) atoms. The van der Waals surface area contributed by atoms with Gasteiger partial charge in [-0.1, -0.05) is 47.7 Å². The van der Waals surface area contributed by atoms with E-state index in [0.29, 0.717) is 22.1 Å². The number of nitrogens with one attached hydrogen (secondary N) is 2. The molecular formula is C26H19F3N4O4S. The fraction of sp³-hybridized carbons (Fsp3) is 0.154. The Labute approximate surface area is 218 Å². The van der Waals surface area contributed by atoms with E-state index < -0.39 is 29.6 Å². The highest BCUT2D eigenvalue weighted by molar-refractivity contribution is 7.18. The van der Waals surface area contributed by atoms with Crippen LogP contribution in [0.3, 0.4) is 0 Å². The zero-order valence-electron chi connectivity index (χ0n) is 19.5. The average Bonchev–Trinajstić information content (AvgIpc) is 3.57. The van der Waals surface area contributed by atoms with Crippen LogP contribution in [-0.2, 0) is 17.4 Å². The fourth-order valence-corrected chi connectivity index (χ4v) is 4.49. The first-order valence-electron chi connectivity index (χ1n) is 11.3. The minimum absolute atomic E-state index is 0.102. The first-order valence-corrected chi connectivity index (χ1v) is 12.1. The molecule has 194 valence electrons. The third kappa shape index (κ3) is 5.75. The van der Waals surface area contributed by atoms with Gasteiger partial charge in [0.2, 0.25) is 17.8 Å². The molecule has 3 aromatic carbocycles. The van der Waals surface area contributed by atoms with Crippen LogP contribution in [0.5, 0.6) is 11.5 Å². The van der Waals surface area contributed by atoms with Crippen molar-refractivity contribution < 1.29 is 32.2 Å². The predicted molar refractivity (Wildman–Crippen MR) is 133 cm³/mol. The van der Waals surface area contributed by atoms with E-state index in [4.69, 9.17) is 9.47 Å². The molecule has 0 radical (unpaired) electrons. The molecule has 0 spiro atoms. The molecule has 5 rings (SSSR count). The third-order valence-electron chi connectivity index (χ3n) is 5.63. The number of alkyl halides is 3. The highest BCUT2D eigenvalue weighted by atomic mass is 32.1. The van der Waals surface area contributed by atoms with E-state index in [9.17, 15) is 22.8 Å². The Bertz CT molecular complexity index is 1480. The van der Waals surface area contributed by atoms with E-state index in [2.05, 4.69) is 20.8 Å². The number of amides is 2. The summed E-state index contributed by atoms with van der Waals surface area (Å²) in [4.78, 5) is 26.1. The van der Waals surface area contributed by atoms with Crippen LogP contribution in [0.2, 0.25) is 0 Å². The van der Waals surface area contributed by atoms with E-state index in [1.165, 1.54) is 6.07 Å². The maximum atomic E-state index is 13.2. The third-order valence-corrected chi connectivity index (χ3v) is 6.52. The number of anilines is 1. The molecule has 1 aliphatic heterocycles. The molecule has 1 aliphatic rings. The lowest BCUT2D eigenvalue weighted by molar-refractivity contribution is -0.137. The predicted octanol–water partition coefficient (Wildman–Crippen LogP) is 4.93. The number of fused-ring (bicyclic) bond motifs is 1. The number of carbonyl (C=O) groups is 2. The first-order chi connectivity index (χ1) is 18.3. The van der Waals surface area contributed by atoms with Gasteiger partial charge in [-0.15, -0.1) is 10.2 Å². The summed E-state index contributed by atoms with van der Waals surface area (Å²) in [6.45, 7) is 0.130. The second kappa shape index (κ2) is 10.5. The van der Waals surface area contributed by atoms with Gasteiger partial charge in [0.25, 0.3) is 5.91 Å². The van der Waals surface area contributed by atoms with Gasteiger partial charge >= 0.3 is 6.18 Å². The molecule has 0 aliphatic carbocycles. The van der Waals surface area contributed by atoms with Gasteiger partial charge in [-0.05, 0) is 42.0 Å². The summed E-state index contributed by atoms with van der Waals surface area (Å²) in [7, 11) is 0. The Morgan fingerprint density at radius 1 is 0.947 bits per heavy atom. The number of benzene rings is 3. The van der Waals surface area contributed by atoms with Crippen LogP contribution in [0.1, 0.15) is 21.5 Å². The van der Waals surface area contributed by atoms with E-state index >= 15 is 0 Å². The Morgan fingerprint density at radius 2 is 1.74 bits per heavy atom. The van der Waals surface area contributed by atoms with Crippen LogP contribution >= 0.6 is 11.3 Å². The van der Waals surface area contributed by atoms with Gasteiger partial charge in [0.05, 0.1) is 5.56 Å². The van der Waals surface area contributed by atoms with Gasteiger partial charge in [0.15, 0.2) is 11.5 Å². The molecule has 0 saturated heterocycles. The van der Waals surface area contributed by atoms with Crippen molar-refractivity contribution in [1.82, 2.24) is 15.5 Å². The summed E-state index contributed by atoms with van der Waals surface area (Å²) < 4.78 is 50.1. The SMILES string of the molecule is O=C(N[C@H](Cc1ccccc1)C(=O)Nc1nnc(-c2ccc3c(c2)OCO3)s1)c1cccc(C(F)(F)F)c1. The first kappa shape index (κ1) is 25.2. The largest absolute Gasteiger partial charge is 0.454 e. The molecular weight excluding hydrogens is 521 g/mol. The topological polar surface area (TPSA) is 102 Å². The van der Waals surface area contributed by atoms with Gasteiger partial charge in [-0.2, -0.15) is 13.2 Å². The second-order valence-electron chi connectivity index (χ2n) is 8.26. The maximum absolute atomic E-state index is 13.2. The highest BCUT2D eigenvalue weighted by Crippen LogP contribution is 2.37. The zero-order chi connectivity index (χ0) is 26.7. The minimum Gasteiger partial charge on any atom is -0.454 e. The fourth-order valence-electron chi connectivity index (χ4n) is 3.75. The van der Waals surface area contributed by atoms with Crippen LogP contribution in [0.15, 0.2) is 72.8 Å². The van der Waals surface area contributed by atoms with E-state index in [1.54, 1.807) is 48.5 Å². The molecule has 0 saturated carbocycles. The van der Waals surface area contributed by atoms with Crippen molar-refractivity contribution in [3.05, 3.63) is 89.5 Å². The number of aromatic nitrogens is 2. The molecule has 0 unspecified atom stereocenters. The molecule has 8 nitrogen and oxygen atoms in total. The van der Waals surface area contributed by atoms with E-state index in [0.717, 1.165) is 35.1 Å². The number of hydrogen-bond donors (Lipinski definition) is 2. The zero-order valence-corrected chi connectivity index (χ0v) is 20.3. The van der Waals surface area contributed by atoms with Gasteiger partial charge in [-0.25, -0.2) is 0 Å². The summed E-state index contributed by atoms with van der Waals surface area (Å²) >= 11 is 1.12. The summed E-state index contributed by atoms with van der Waals surface area (Å²) in [5, 5.41) is 14.0. The number of ether oxygens (including phenoxy) is 2. The number of halogens is 3. The van der Waals surface area contributed by atoms with Crippen molar-refractivity contribution in [2.24, 2.45) is 0 Å². The van der Waals surface area contributed by atoms with Crippen LogP contribution in [0.25, 0.3) is 10.6 Å². The van der Waals surface area contributed by atoms with Crippen molar-refractivity contribution in [3.8, 4) is 22.1 Å². The summed E-state index contributed by atoms with van der Waals surface area (Å²) in [6.07, 6.45) is -4.50. The van der Waals surface area contributed by atoms with Crippen molar-refractivity contribution in [1.29, 1.82) is 0 Å². The molecule has 1 aromatic heterocycles. The van der Waals surface area contributed by atoms with Gasteiger partial charge in [0.1, 0.15) is 11.0 Å². The van der Waals surface area contributed by atoms with Crippen LogP contribution < -0.4 is 20.1 Å². The second-order valence-corrected chi connectivity index (χ2v) is 9.24. The molecule has 0 bridgehead atoms. The summed E-state index contributed by atoms with van der Waals surface area (Å²) in [6, 6.07) is 17.1. The quantitative estimate of drug-likeness (QED) is 0.345. The number of hydrogen-bond acceptors (Lipinski definition) is 7. The molecule has 1 atom stereocenters.